The Labute approximate surface area is 135 Å². The number of nitrogens with two attached hydrogens (primary N) is 4. The van der Waals surface area contributed by atoms with E-state index in [0.717, 1.165) is 12.8 Å². The van der Waals surface area contributed by atoms with E-state index in [9.17, 15) is 14.4 Å². The van der Waals surface area contributed by atoms with Crippen molar-refractivity contribution in [2.75, 3.05) is 6.54 Å². The largest absolute Gasteiger partial charge is 0.480 e. The summed E-state index contributed by atoms with van der Waals surface area (Å²) in [6.07, 6.45) is 1.29. The lowest BCUT2D eigenvalue weighted by Gasteiger charge is -2.17. The number of ether oxygens (including phenoxy) is 1. The molecule has 0 unspecified atom stereocenters. The molecule has 0 aromatic rings. The fraction of sp³-hybridized carbons (Fsp3) is 0.769. The van der Waals surface area contributed by atoms with Gasteiger partial charge in [0.1, 0.15) is 24.2 Å². The van der Waals surface area contributed by atoms with Crippen LogP contribution in [-0.4, -0.2) is 58.9 Å². The standard InChI is InChI=1S/C7H14N2O4.C6H14N2O2/c1-3(8)7(12)13-4(2)5(9)6(10)11;7-4-2-1-3-5(8)6(9)10/h3-5H,8-9H2,1-2H3,(H,10,11);5H,1-4,7-8H2,(H,9,10)/t3-,4+,5-;5-/m00/s1. The van der Waals surface area contributed by atoms with E-state index in [0.29, 0.717) is 13.0 Å². The van der Waals surface area contributed by atoms with E-state index in [1.54, 1.807) is 0 Å². The average Bonchev–Trinajstić information content (AvgIpc) is 2.46. The van der Waals surface area contributed by atoms with Gasteiger partial charge in [0, 0.05) is 0 Å². The quantitative estimate of drug-likeness (QED) is 0.206. The predicted octanol–water partition coefficient (Wildman–Crippen LogP) is -1.80. The van der Waals surface area contributed by atoms with Crippen LogP contribution in [-0.2, 0) is 19.1 Å². The minimum Gasteiger partial charge on any atom is -0.480 e. The number of hydrogen-bond donors (Lipinski definition) is 6. The topological polar surface area (TPSA) is 205 Å². The minimum absolute atomic E-state index is 0.520. The predicted molar refractivity (Wildman–Crippen MR) is 83.3 cm³/mol. The maximum absolute atomic E-state index is 10.9. The summed E-state index contributed by atoms with van der Waals surface area (Å²) < 4.78 is 4.67. The number of esters is 1. The van der Waals surface area contributed by atoms with Crippen molar-refractivity contribution in [1.29, 1.82) is 0 Å². The number of rotatable bonds is 9. The lowest BCUT2D eigenvalue weighted by Crippen LogP contribution is -2.44. The first-order chi connectivity index (χ1) is 10.5. The van der Waals surface area contributed by atoms with E-state index in [4.69, 9.17) is 33.1 Å². The molecule has 0 aliphatic heterocycles. The molecule has 0 aromatic carbocycles. The molecule has 0 spiro atoms. The van der Waals surface area contributed by atoms with Gasteiger partial charge < -0.3 is 37.9 Å². The molecular weight excluding hydrogens is 308 g/mol. The Hall–Kier alpha value is -1.75. The van der Waals surface area contributed by atoms with Gasteiger partial charge in [-0.15, -0.1) is 0 Å². The molecule has 0 aliphatic rings. The zero-order chi connectivity index (χ0) is 18.6. The first-order valence-electron chi connectivity index (χ1n) is 7.17. The summed E-state index contributed by atoms with van der Waals surface area (Å²) in [5.41, 5.74) is 20.8. The van der Waals surface area contributed by atoms with Crippen LogP contribution in [0.4, 0.5) is 0 Å². The van der Waals surface area contributed by atoms with Gasteiger partial charge >= 0.3 is 17.9 Å². The molecule has 0 aromatic heterocycles. The maximum atomic E-state index is 10.9. The summed E-state index contributed by atoms with van der Waals surface area (Å²) in [4.78, 5) is 31.4. The molecule has 0 radical (unpaired) electrons. The highest BCUT2D eigenvalue weighted by molar-refractivity contribution is 5.77. The Balaban J connectivity index is 0. The van der Waals surface area contributed by atoms with Crippen molar-refractivity contribution in [1.82, 2.24) is 0 Å². The average molecular weight is 336 g/mol. The van der Waals surface area contributed by atoms with E-state index in [-0.39, 0.29) is 0 Å². The molecule has 0 aliphatic carbocycles. The normalized spacial score (nSPS) is 15.4. The molecule has 0 amide bonds. The van der Waals surface area contributed by atoms with Crippen molar-refractivity contribution in [2.45, 2.75) is 57.3 Å². The van der Waals surface area contributed by atoms with E-state index in [1.165, 1.54) is 13.8 Å². The van der Waals surface area contributed by atoms with Gasteiger partial charge in [0.2, 0.25) is 0 Å². The molecule has 0 bridgehead atoms. The maximum Gasteiger partial charge on any atom is 0.324 e. The second-order valence-electron chi connectivity index (χ2n) is 5.02. The molecule has 10 heteroatoms. The molecule has 0 heterocycles. The molecular formula is C13H28N4O6. The minimum atomic E-state index is -1.22. The van der Waals surface area contributed by atoms with Crippen LogP contribution >= 0.6 is 0 Å². The number of unbranched alkanes of at least 4 members (excludes halogenated alkanes) is 1. The first kappa shape index (κ1) is 23.5. The number of carbonyl (C=O) groups is 3. The van der Waals surface area contributed by atoms with Gasteiger partial charge in [-0.1, -0.05) is 6.42 Å². The van der Waals surface area contributed by atoms with Gasteiger partial charge in [0.25, 0.3) is 0 Å². The molecule has 4 atom stereocenters. The van der Waals surface area contributed by atoms with E-state index >= 15 is 0 Å². The van der Waals surface area contributed by atoms with Gasteiger partial charge in [0.05, 0.1) is 0 Å². The highest BCUT2D eigenvalue weighted by atomic mass is 16.5. The fourth-order valence-electron chi connectivity index (χ4n) is 1.20. The third kappa shape index (κ3) is 12.5. The van der Waals surface area contributed by atoms with Crippen LogP contribution in [0.5, 0.6) is 0 Å². The summed E-state index contributed by atoms with van der Waals surface area (Å²) >= 11 is 0. The second-order valence-corrected chi connectivity index (χ2v) is 5.02. The fourth-order valence-corrected chi connectivity index (χ4v) is 1.20. The Bertz CT molecular complexity index is 377. The van der Waals surface area contributed by atoms with Gasteiger partial charge in [-0.25, -0.2) is 0 Å². The van der Waals surface area contributed by atoms with Crippen molar-refractivity contribution >= 4 is 17.9 Å². The van der Waals surface area contributed by atoms with Gasteiger partial charge in [-0.3, -0.25) is 14.4 Å². The zero-order valence-corrected chi connectivity index (χ0v) is 13.5. The molecule has 23 heavy (non-hydrogen) atoms. The van der Waals surface area contributed by atoms with Crippen LogP contribution in [0.25, 0.3) is 0 Å². The van der Waals surface area contributed by atoms with Crippen LogP contribution in [0, 0.1) is 0 Å². The Morgan fingerprint density at radius 1 is 1.00 bits per heavy atom. The highest BCUT2D eigenvalue weighted by Crippen LogP contribution is 1.98. The second kappa shape index (κ2) is 12.8. The molecule has 0 fully saturated rings. The van der Waals surface area contributed by atoms with Crippen molar-refractivity contribution in [2.24, 2.45) is 22.9 Å². The number of carboxylic acid groups (broad SMARTS) is 2. The van der Waals surface area contributed by atoms with E-state index in [1.807, 2.05) is 0 Å². The SMILES string of the molecule is C[C@H](N)C(=O)O[C@H](C)[C@H](N)C(=O)O.NCCCC[C@H](N)C(=O)O. The Morgan fingerprint density at radius 3 is 1.87 bits per heavy atom. The molecule has 0 saturated carbocycles. The summed E-state index contributed by atoms with van der Waals surface area (Å²) in [7, 11) is 0. The summed E-state index contributed by atoms with van der Waals surface area (Å²) in [6, 6.07) is -2.71. The van der Waals surface area contributed by atoms with Crippen LogP contribution < -0.4 is 22.9 Å². The van der Waals surface area contributed by atoms with Crippen molar-refractivity contribution in [3.63, 3.8) is 0 Å². The third-order valence-corrected chi connectivity index (χ3v) is 2.75. The zero-order valence-electron chi connectivity index (χ0n) is 13.5. The van der Waals surface area contributed by atoms with Gasteiger partial charge in [-0.2, -0.15) is 0 Å². The van der Waals surface area contributed by atoms with Gasteiger partial charge in [-0.05, 0) is 33.2 Å². The van der Waals surface area contributed by atoms with E-state index in [2.05, 4.69) is 4.74 Å². The van der Waals surface area contributed by atoms with Crippen LogP contribution in [0.2, 0.25) is 0 Å². The number of hydrogen-bond acceptors (Lipinski definition) is 8. The Morgan fingerprint density at radius 2 is 1.52 bits per heavy atom. The van der Waals surface area contributed by atoms with Crippen LogP contribution in [0.3, 0.4) is 0 Å². The van der Waals surface area contributed by atoms with Crippen molar-refractivity contribution < 1.29 is 29.3 Å². The Kier molecular flexibility index (Phi) is 13.0. The molecule has 0 rings (SSSR count). The third-order valence-electron chi connectivity index (χ3n) is 2.75. The smallest absolute Gasteiger partial charge is 0.324 e. The van der Waals surface area contributed by atoms with Crippen molar-refractivity contribution in [3.8, 4) is 0 Å². The van der Waals surface area contributed by atoms with E-state index < -0.39 is 42.1 Å². The monoisotopic (exact) mass is 336 g/mol. The summed E-state index contributed by atoms with van der Waals surface area (Å²) in [6.45, 7) is 3.45. The van der Waals surface area contributed by atoms with Crippen LogP contribution in [0.15, 0.2) is 0 Å². The summed E-state index contributed by atoms with van der Waals surface area (Å²) in [5.74, 6) is -2.81. The molecule has 10 nitrogen and oxygen atoms in total. The first-order valence-corrected chi connectivity index (χ1v) is 7.17. The molecule has 10 N–H and O–H groups in total. The summed E-state index contributed by atoms with van der Waals surface area (Å²) in [5, 5.41) is 16.8. The number of carboxylic acids is 2. The highest BCUT2D eigenvalue weighted by Gasteiger charge is 2.24. The van der Waals surface area contributed by atoms with Crippen LogP contribution in [0.1, 0.15) is 33.1 Å². The van der Waals surface area contributed by atoms with Gasteiger partial charge in [0.15, 0.2) is 0 Å². The lowest BCUT2D eigenvalue weighted by molar-refractivity contribution is -0.154. The molecule has 136 valence electrons. The molecule has 0 saturated heterocycles. The number of carbonyl (C=O) groups excluding carboxylic acids is 1. The van der Waals surface area contributed by atoms with Crippen molar-refractivity contribution in [3.05, 3.63) is 0 Å². The number of aliphatic carboxylic acids is 2. The lowest BCUT2D eigenvalue weighted by atomic mass is 10.1.